The zero-order valence-corrected chi connectivity index (χ0v) is 11.4. The Bertz CT molecular complexity index is 582. The maximum Gasteiger partial charge on any atom is 0.163 e. The van der Waals surface area contributed by atoms with Gasteiger partial charge < -0.3 is 15.8 Å². The number of rotatable bonds is 4. The molecule has 1 aromatic heterocycles. The van der Waals surface area contributed by atoms with Crippen LogP contribution in [0.15, 0.2) is 36.4 Å². The molecule has 2 aromatic rings. The number of nitrogens with zero attached hydrogens (tertiary/aromatic N) is 2. The summed E-state index contributed by atoms with van der Waals surface area (Å²) in [7, 11) is 1.75. The van der Waals surface area contributed by atoms with Gasteiger partial charge in [-0.3, -0.25) is 0 Å². The highest BCUT2D eigenvalue weighted by Crippen LogP contribution is 2.27. The molecule has 0 spiro atoms. The first-order chi connectivity index (χ1) is 9.74. The van der Waals surface area contributed by atoms with Crippen molar-refractivity contribution in [3.63, 3.8) is 0 Å². The second-order valence-corrected chi connectivity index (χ2v) is 5.04. The molecule has 0 amide bonds. The monoisotopic (exact) mass is 270 g/mol. The number of nitrogens with two attached hydrogens (primary N) is 1. The molecule has 0 saturated heterocycles. The Hall–Kier alpha value is -2.14. The number of hydrogen-bond donors (Lipinski definition) is 2. The van der Waals surface area contributed by atoms with E-state index in [4.69, 9.17) is 10.5 Å². The van der Waals surface area contributed by atoms with Crippen LogP contribution in [0, 0.1) is 0 Å². The molecule has 1 aliphatic rings. The van der Waals surface area contributed by atoms with Crippen molar-refractivity contribution in [2.75, 3.05) is 18.2 Å². The van der Waals surface area contributed by atoms with E-state index >= 15 is 0 Å². The number of ether oxygens (including phenoxy) is 1. The lowest BCUT2D eigenvalue weighted by atomic mass is 9.89. The van der Waals surface area contributed by atoms with Crippen LogP contribution >= 0.6 is 0 Å². The van der Waals surface area contributed by atoms with Crippen molar-refractivity contribution in [2.45, 2.75) is 25.0 Å². The van der Waals surface area contributed by atoms with Gasteiger partial charge in [-0.1, -0.05) is 30.3 Å². The zero-order valence-electron chi connectivity index (χ0n) is 11.4. The van der Waals surface area contributed by atoms with Crippen molar-refractivity contribution >= 4 is 11.6 Å². The number of nitrogens with one attached hydrogen (secondary N) is 1. The molecule has 1 fully saturated rings. The van der Waals surface area contributed by atoms with Gasteiger partial charge >= 0.3 is 0 Å². The lowest BCUT2D eigenvalue weighted by Crippen LogP contribution is -2.40. The van der Waals surface area contributed by atoms with Crippen molar-refractivity contribution in [3.8, 4) is 11.4 Å². The van der Waals surface area contributed by atoms with Gasteiger partial charge in [0, 0.05) is 24.8 Å². The number of benzene rings is 1. The fraction of sp³-hybridized carbons (Fsp3) is 0.333. The topological polar surface area (TPSA) is 73.1 Å². The molecular formula is C15H18N4O. The fourth-order valence-corrected chi connectivity index (χ4v) is 2.34. The van der Waals surface area contributed by atoms with Crippen molar-refractivity contribution in [1.82, 2.24) is 9.97 Å². The summed E-state index contributed by atoms with van der Waals surface area (Å²) >= 11 is 0. The van der Waals surface area contributed by atoms with Crippen LogP contribution in [0.5, 0.6) is 0 Å². The van der Waals surface area contributed by atoms with Gasteiger partial charge in [-0.05, 0) is 12.8 Å². The second-order valence-electron chi connectivity index (χ2n) is 5.04. The van der Waals surface area contributed by atoms with Crippen molar-refractivity contribution < 1.29 is 4.74 Å². The molecule has 0 unspecified atom stereocenters. The molecule has 3 rings (SSSR count). The summed E-state index contributed by atoms with van der Waals surface area (Å²) in [5, 5.41) is 3.38. The van der Waals surface area contributed by atoms with E-state index in [-0.39, 0.29) is 0 Å². The summed E-state index contributed by atoms with van der Waals surface area (Å²) in [5.74, 6) is 1.90. The van der Waals surface area contributed by atoms with Crippen LogP contribution in [0.4, 0.5) is 11.6 Å². The van der Waals surface area contributed by atoms with E-state index < -0.39 is 0 Å². The van der Waals surface area contributed by atoms with Crippen LogP contribution < -0.4 is 11.1 Å². The van der Waals surface area contributed by atoms with E-state index in [0.29, 0.717) is 23.8 Å². The van der Waals surface area contributed by atoms with Gasteiger partial charge in [0.1, 0.15) is 11.6 Å². The van der Waals surface area contributed by atoms with Gasteiger partial charge in [0.25, 0.3) is 0 Å². The number of nitrogen functional groups attached to an aromatic ring is 1. The van der Waals surface area contributed by atoms with Crippen LogP contribution in [0.25, 0.3) is 11.4 Å². The lowest BCUT2D eigenvalue weighted by molar-refractivity contribution is 0.0328. The fourth-order valence-electron chi connectivity index (χ4n) is 2.34. The molecule has 0 aliphatic heterocycles. The first-order valence-electron chi connectivity index (χ1n) is 6.74. The molecule has 3 N–H and O–H groups in total. The van der Waals surface area contributed by atoms with Gasteiger partial charge in [-0.15, -0.1) is 0 Å². The SMILES string of the molecule is COC1CC(Nc2cc(N)nc(-c3ccccc3)n2)C1. The Balaban J connectivity index is 1.77. The number of aromatic nitrogens is 2. The molecule has 1 heterocycles. The van der Waals surface area contributed by atoms with Gasteiger partial charge in [0.05, 0.1) is 6.10 Å². The predicted molar refractivity (Wildman–Crippen MR) is 79.3 cm³/mol. The third-order valence-electron chi connectivity index (χ3n) is 3.56. The van der Waals surface area contributed by atoms with E-state index in [1.807, 2.05) is 30.3 Å². The molecule has 0 bridgehead atoms. The summed E-state index contributed by atoms with van der Waals surface area (Å²) in [6.07, 6.45) is 2.36. The van der Waals surface area contributed by atoms with Crippen LogP contribution in [0.1, 0.15) is 12.8 Å². The maximum absolute atomic E-state index is 5.87. The number of hydrogen-bond acceptors (Lipinski definition) is 5. The minimum Gasteiger partial charge on any atom is -0.384 e. The van der Waals surface area contributed by atoms with Crippen LogP contribution in [0.2, 0.25) is 0 Å². The lowest BCUT2D eigenvalue weighted by Gasteiger charge is -2.34. The molecular weight excluding hydrogens is 252 g/mol. The van der Waals surface area contributed by atoms with Gasteiger partial charge in [0.15, 0.2) is 5.82 Å². The van der Waals surface area contributed by atoms with Crippen LogP contribution in [-0.4, -0.2) is 29.2 Å². The summed E-state index contributed by atoms with van der Waals surface area (Å²) in [6.45, 7) is 0. The van der Waals surface area contributed by atoms with E-state index in [0.717, 1.165) is 24.2 Å². The Labute approximate surface area is 118 Å². The van der Waals surface area contributed by atoms with E-state index in [2.05, 4.69) is 15.3 Å². The minimum absolute atomic E-state index is 0.361. The highest BCUT2D eigenvalue weighted by molar-refractivity contribution is 5.60. The Morgan fingerprint density at radius 2 is 1.95 bits per heavy atom. The van der Waals surface area contributed by atoms with Crippen molar-refractivity contribution in [2.24, 2.45) is 0 Å². The Morgan fingerprint density at radius 3 is 2.65 bits per heavy atom. The summed E-state index contributed by atoms with van der Waals surface area (Å²) < 4.78 is 5.27. The van der Waals surface area contributed by atoms with Crippen molar-refractivity contribution in [3.05, 3.63) is 36.4 Å². The summed E-state index contributed by atoms with van der Waals surface area (Å²) in [6, 6.07) is 12.0. The predicted octanol–water partition coefficient (Wildman–Crippen LogP) is 2.32. The summed E-state index contributed by atoms with van der Waals surface area (Å²) in [4.78, 5) is 8.82. The van der Waals surface area contributed by atoms with E-state index in [1.165, 1.54) is 0 Å². The average molecular weight is 270 g/mol. The average Bonchev–Trinajstić information content (AvgIpc) is 2.43. The second kappa shape index (κ2) is 5.46. The molecule has 1 aliphatic carbocycles. The van der Waals surface area contributed by atoms with E-state index in [1.54, 1.807) is 13.2 Å². The van der Waals surface area contributed by atoms with Crippen molar-refractivity contribution in [1.29, 1.82) is 0 Å². The number of methoxy groups -OCH3 is 1. The molecule has 104 valence electrons. The standard InChI is InChI=1S/C15H18N4O/c1-20-12-7-11(8-12)17-14-9-13(16)18-15(19-14)10-5-3-2-4-6-10/h2-6,9,11-12H,7-8H2,1H3,(H3,16,17,18,19). The van der Waals surface area contributed by atoms with Gasteiger partial charge in [-0.2, -0.15) is 0 Å². The van der Waals surface area contributed by atoms with Gasteiger partial charge in [-0.25, -0.2) is 9.97 Å². The first-order valence-corrected chi connectivity index (χ1v) is 6.74. The quantitative estimate of drug-likeness (QED) is 0.892. The molecule has 5 heteroatoms. The molecule has 0 atom stereocenters. The van der Waals surface area contributed by atoms with E-state index in [9.17, 15) is 0 Å². The third kappa shape index (κ3) is 2.72. The van der Waals surface area contributed by atoms with Crippen LogP contribution in [0.3, 0.4) is 0 Å². The molecule has 0 radical (unpaired) electrons. The van der Waals surface area contributed by atoms with Gasteiger partial charge in [0.2, 0.25) is 0 Å². The Morgan fingerprint density at radius 1 is 1.20 bits per heavy atom. The van der Waals surface area contributed by atoms with Crippen LogP contribution in [-0.2, 0) is 4.74 Å². The molecule has 20 heavy (non-hydrogen) atoms. The molecule has 1 saturated carbocycles. The Kier molecular flexibility index (Phi) is 3.52. The highest BCUT2D eigenvalue weighted by atomic mass is 16.5. The minimum atomic E-state index is 0.361. The first kappa shape index (κ1) is 12.9. The molecule has 1 aromatic carbocycles. The third-order valence-corrected chi connectivity index (χ3v) is 3.56. The normalized spacial score (nSPS) is 21.2. The maximum atomic E-state index is 5.87. The largest absolute Gasteiger partial charge is 0.384 e. The smallest absolute Gasteiger partial charge is 0.163 e. The highest BCUT2D eigenvalue weighted by Gasteiger charge is 2.29. The molecule has 5 nitrogen and oxygen atoms in total. The number of anilines is 2. The summed E-state index contributed by atoms with van der Waals surface area (Å²) in [5.41, 5.74) is 6.83. The zero-order chi connectivity index (χ0) is 13.9.